The fraction of sp³-hybridized carbons (Fsp3) is 0.400. The van der Waals surface area contributed by atoms with E-state index in [9.17, 15) is 14.4 Å². The SMILES string of the molecule is COC(=O)c1cc2oc3ccc(C=O)cc3c2cc1N(C(=O)C1CCCCC1)C(C)C. The van der Waals surface area contributed by atoms with Gasteiger partial charge in [-0.15, -0.1) is 0 Å². The van der Waals surface area contributed by atoms with Gasteiger partial charge in [-0.05, 0) is 57.0 Å². The van der Waals surface area contributed by atoms with Gasteiger partial charge in [0.2, 0.25) is 5.91 Å². The number of fused-ring (bicyclic) bond motifs is 3. The summed E-state index contributed by atoms with van der Waals surface area (Å²) < 4.78 is 11.0. The van der Waals surface area contributed by atoms with Gasteiger partial charge in [-0.2, -0.15) is 0 Å². The molecule has 4 rings (SSSR count). The zero-order valence-corrected chi connectivity index (χ0v) is 18.1. The van der Waals surface area contributed by atoms with Gasteiger partial charge in [0.05, 0.1) is 18.4 Å². The van der Waals surface area contributed by atoms with Crippen molar-refractivity contribution in [2.45, 2.75) is 52.0 Å². The molecule has 1 amide bonds. The Morgan fingerprint density at radius 3 is 2.42 bits per heavy atom. The lowest BCUT2D eigenvalue weighted by Crippen LogP contribution is -2.42. The summed E-state index contributed by atoms with van der Waals surface area (Å²) in [6, 6.07) is 8.51. The fourth-order valence-corrected chi connectivity index (χ4v) is 4.57. The minimum absolute atomic E-state index is 0.0416. The zero-order chi connectivity index (χ0) is 22.1. The van der Waals surface area contributed by atoms with Gasteiger partial charge < -0.3 is 14.1 Å². The van der Waals surface area contributed by atoms with E-state index in [1.54, 1.807) is 29.2 Å². The molecule has 6 heteroatoms. The molecule has 1 aromatic heterocycles. The number of anilines is 1. The first-order valence-electron chi connectivity index (χ1n) is 10.8. The predicted molar refractivity (Wildman–Crippen MR) is 120 cm³/mol. The van der Waals surface area contributed by atoms with Gasteiger partial charge in [0, 0.05) is 28.3 Å². The third kappa shape index (κ3) is 3.82. The van der Waals surface area contributed by atoms with Crippen LogP contribution in [-0.4, -0.2) is 31.3 Å². The number of ether oxygens (including phenoxy) is 1. The van der Waals surface area contributed by atoms with Crippen molar-refractivity contribution in [1.82, 2.24) is 0 Å². The highest BCUT2D eigenvalue weighted by Gasteiger charge is 2.32. The van der Waals surface area contributed by atoms with Crippen molar-refractivity contribution in [3.05, 3.63) is 41.5 Å². The largest absolute Gasteiger partial charge is 0.465 e. The molecule has 6 nitrogen and oxygen atoms in total. The molecule has 0 unspecified atom stereocenters. The van der Waals surface area contributed by atoms with Gasteiger partial charge in [0.15, 0.2) is 0 Å². The lowest BCUT2D eigenvalue weighted by atomic mass is 9.87. The van der Waals surface area contributed by atoms with Crippen molar-refractivity contribution in [2.24, 2.45) is 5.92 Å². The van der Waals surface area contributed by atoms with E-state index in [0.717, 1.165) is 49.2 Å². The minimum atomic E-state index is -0.520. The molecular formula is C25H27NO5. The number of amides is 1. The molecule has 0 saturated heterocycles. The van der Waals surface area contributed by atoms with E-state index in [2.05, 4.69) is 0 Å². The number of hydrogen-bond donors (Lipinski definition) is 0. The van der Waals surface area contributed by atoms with E-state index < -0.39 is 5.97 Å². The first kappa shape index (κ1) is 21.1. The van der Waals surface area contributed by atoms with Crippen LogP contribution in [-0.2, 0) is 9.53 Å². The van der Waals surface area contributed by atoms with Crippen LogP contribution in [0.3, 0.4) is 0 Å². The molecule has 0 atom stereocenters. The lowest BCUT2D eigenvalue weighted by Gasteiger charge is -2.33. The second-order valence-corrected chi connectivity index (χ2v) is 8.47. The molecular weight excluding hydrogens is 394 g/mol. The maximum Gasteiger partial charge on any atom is 0.340 e. The molecule has 0 bridgehead atoms. The van der Waals surface area contributed by atoms with Crippen molar-refractivity contribution in [2.75, 3.05) is 12.0 Å². The van der Waals surface area contributed by atoms with Gasteiger partial charge in [-0.3, -0.25) is 9.59 Å². The maximum absolute atomic E-state index is 13.5. The zero-order valence-electron chi connectivity index (χ0n) is 18.1. The van der Waals surface area contributed by atoms with Crippen molar-refractivity contribution in [3.8, 4) is 0 Å². The number of hydrogen-bond acceptors (Lipinski definition) is 5. The molecule has 1 heterocycles. The summed E-state index contributed by atoms with van der Waals surface area (Å²) in [5, 5.41) is 1.52. The number of esters is 1. The van der Waals surface area contributed by atoms with Crippen LogP contribution in [0.4, 0.5) is 5.69 Å². The topological polar surface area (TPSA) is 76.8 Å². The summed E-state index contributed by atoms with van der Waals surface area (Å²) in [5.74, 6) is -0.520. The Morgan fingerprint density at radius 1 is 1.06 bits per heavy atom. The van der Waals surface area contributed by atoms with Crippen molar-refractivity contribution in [1.29, 1.82) is 0 Å². The normalized spacial score (nSPS) is 14.8. The van der Waals surface area contributed by atoms with Crippen LogP contribution >= 0.6 is 0 Å². The average molecular weight is 421 g/mol. The Hall–Kier alpha value is -3.15. The Kier molecular flexibility index (Phi) is 5.81. The molecule has 31 heavy (non-hydrogen) atoms. The quantitative estimate of drug-likeness (QED) is 0.401. The van der Waals surface area contributed by atoms with E-state index in [4.69, 9.17) is 9.15 Å². The molecule has 0 aliphatic heterocycles. The van der Waals surface area contributed by atoms with E-state index in [1.165, 1.54) is 7.11 Å². The standard InChI is InChI=1S/C25H27NO5/c1-15(2)26(24(28)17-7-5-4-6-8-17)21-12-19-18-11-16(14-27)9-10-22(18)31-23(19)13-20(21)25(29)30-3/h9-15,17H,4-8H2,1-3H3. The van der Waals surface area contributed by atoms with Gasteiger partial charge in [0.25, 0.3) is 0 Å². The molecule has 0 spiro atoms. The summed E-state index contributed by atoms with van der Waals surface area (Å²) in [6.45, 7) is 3.90. The van der Waals surface area contributed by atoms with Crippen LogP contribution in [0.25, 0.3) is 21.9 Å². The van der Waals surface area contributed by atoms with Crippen LogP contribution in [0, 0.1) is 5.92 Å². The highest BCUT2D eigenvalue weighted by Crippen LogP contribution is 2.37. The first-order chi connectivity index (χ1) is 14.9. The van der Waals surface area contributed by atoms with Crippen molar-refractivity contribution in [3.63, 3.8) is 0 Å². The molecule has 1 aliphatic carbocycles. The Balaban J connectivity index is 1.93. The number of methoxy groups -OCH3 is 1. The minimum Gasteiger partial charge on any atom is -0.465 e. The summed E-state index contributed by atoms with van der Waals surface area (Å²) in [7, 11) is 1.33. The maximum atomic E-state index is 13.5. The average Bonchev–Trinajstić information content (AvgIpc) is 3.15. The highest BCUT2D eigenvalue weighted by atomic mass is 16.5. The van der Waals surface area contributed by atoms with Gasteiger partial charge in [0.1, 0.15) is 17.5 Å². The number of rotatable bonds is 5. The lowest BCUT2D eigenvalue weighted by molar-refractivity contribution is -0.123. The first-order valence-corrected chi connectivity index (χ1v) is 10.8. The Morgan fingerprint density at radius 2 is 1.77 bits per heavy atom. The van der Waals surface area contributed by atoms with E-state index in [1.807, 2.05) is 19.9 Å². The van der Waals surface area contributed by atoms with Crippen LogP contribution in [0.5, 0.6) is 0 Å². The molecule has 3 aromatic rings. The molecule has 1 fully saturated rings. The van der Waals surface area contributed by atoms with E-state index >= 15 is 0 Å². The fourth-order valence-electron chi connectivity index (χ4n) is 4.57. The number of carbonyl (C=O) groups is 3. The second-order valence-electron chi connectivity index (χ2n) is 8.47. The van der Waals surface area contributed by atoms with Gasteiger partial charge >= 0.3 is 5.97 Å². The Bertz CT molecular complexity index is 1150. The molecule has 0 N–H and O–H groups in total. The second kappa shape index (κ2) is 8.53. The molecule has 1 saturated carbocycles. The van der Waals surface area contributed by atoms with Crippen LogP contribution in [0.2, 0.25) is 0 Å². The number of aldehydes is 1. The van der Waals surface area contributed by atoms with Crippen LogP contribution < -0.4 is 4.90 Å². The molecule has 1 aliphatic rings. The van der Waals surface area contributed by atoms with E-state index in [0.29, 0.717) is 28.0 Å². The number of benzene rings is 2. The van der Waals surface area contributed by atoms with Gasteiger partial charge in [-0.1, -0.05) is 19.3 Å². The van der Waals surface area contributed by atoms with Crippen LogP contribution in [0.15, 0.2) is 34.7 Å². The summed E-state index contributed by atoms with van der Waals surface area (Å²) >= 11 is 0. The molecule has 0 radical (unpaired) electrons. The summed E-state index contributed by atoms with van der Waals surface area (Å²) in [4.78, 5) is 39.2. The Labute approximate surface area is 181 Å². The van der Waals surface area contributed by atoms with Crippen molar-refractivity contribution < 1.29 is 23.5 Å². The monoisotopic (exact) mass is 421 g/mol. The smallest absolute Gasteiger partial charge is 0.340 e. The van der Waals surface area contributed by atoms with E-state index in [-0.39, 0.29) is 17.9 Å². The predicted octanol–water partition coefficient (Wildman–Crippen LogP) is 5.51. The molecule has 162 valence electrons. The highest BCUT2D eigenvalue weighted by molar-refractivity contribution is 6.13. The molecule has 2 aromatic carbocycles. The third-order valence-corrected chi connectivity index (χ3v) is 6.12. The van der Waals surface area contributed by atoms with Crippen LogP contribution in [0.1, 0.15) is 66.7 Å². The number of nitrogens with zero attached hydrogens (tertiary/aromatic N) is 1. The summed E-state index contributed by atoms with van der Waals surface area (Å²) in [5.41, 5.74) is 2.47. The number of furan rings is 1. The number of carbonyl (C=O) groups excluding carboxylic acids is 3. The third-order valence-electron chi connectivity index (χ3n) is 6.12. The van der Waals surface area contributed by atoms with Gasteiger partial charge in [-0.25, -0.2) is 4.79 Å². The van der Waals surface area contributed by atoms with Crippen molar-refractivity contribution >= 4 is 45.8 Å². The summed E-state index contributed by atoms with van der Waals surface area (Å²) in [6.07, 6.45) is 5.78.